The van der Waals surface area contributed by atoms with Crippen molar-refractivity contribution in [2.45, 2.75) is 37.7 Å². The van der Waals surface area contributed by atoms with Crippen LogP contribution in [0.1, 0.15) is 37.2 Å². The number of methoxy groups -OCH3 is 1. The minimum atomic E-state index is -0.288. The molecular weight excluding hydrogens is 207 g/mol. The number of aliphatic hydroxyl groups excluding tert-OH is 1. The Morgan fingerprint density at radius 2 is 2.19 bits per heavy atom. The van der Waals surface area contributed by atoms with Crippen molar-refractivity contribution in [3.05, 3.63) is 29.6 Å². The van der Waals surface area contributed by atoms with Crippen molar-refractivity contribution >= 4 is 0 Å². The van der Waals surface area contributed by atoms with E-state index in [1.807, 2.05) is 0 Å². The first-order chi connectivity index (χ1) is 7.72. The topological polar surface area (TPSA) is 29.5 Å². The smallest absolute Gasteiger partial charge is 0.168 e. The Morgan fingerprint density at radius 1 is 1.38 bits per heavy atom. The Balaban J connectivity index is 2.25. The van der Waals surface area contributed by atoms with Gasteiger partial charge in [0.1, 0.15) is 0 Å². The molecule has 0 saturated heterocycles. The van der Waals surface area contributed by atoms with Crippen LogP contribution in [0.3, 0.4) is 0 Å². The molecule has 0 aliphatic heterocycles. The molecule has 0 bridgehead atoms. The van der Waals surface area contributed by atoms with Crippen LogP contribution in [0.5, 0.6) is 5.75 Å². The first-order valence-corrected chi connectivity index (χ1v) is 5.73. The van der Waals surface area contributed by atoms with Crippen LogP contribution in [0.25, 0.3) is 0 Å². The van der Waals surface area contributed by atoms with E-state index < -0.39 is 0 Å². The van der Waals surface area contributed by atoms with Crippen LogP contribution < -0.4 is 4.74 Å². The third-order valence-electron chi connectivity index (χ3n) is 3.30. The van der Waals surface area contributed by atoms with Gasteiger partial charge in [-0.05, 0) is 36.8 Å². The van der Waals surface area contributed by atoms with E-state index in [0.717, 1.165) is 19.3 Å². The highest BCUT2D eigenvalue weighted by Crippen LogP contribution is 2.36. The molecule has 3 heteroatoms. The number of rotatable bonds is 2. The summed E-state index contributed by atoms with van der Waals surface area (Å²) in [5.74, 6) is 0.139. The normalized spacial score (nSPS) is 25.4. The lowest BCUT2D eigenvalue weighted by atomic mass is 9.82. The first-order valence-electron chi connectivity index (χ1n) is 5.73. The molecule has 2 nitrogen and oxygen atoms in total. The van der Waals surface area contributed by atoms with Gasteiger partial charge in [-0.3, -0.25) is 0 Å². The van der Waals surface area contributed by atoms with Gasteiger partial charge in [0.05, 0.1) is 13.2 Å². The summed E-state index contributed by atoms with van der Waals surface area (Å²) in [4.78, 5) is 0. The molecule has 1 aliphatic carbocycles. The molecule has 1 aromatic rings. The summed E-state index contributed by atoms with van der Waals surface area (Å²) in [6, 6.07) is 5.22. The third kappa shape index (κ3) is 2.19. The minimum absolute atomic E-state index is 0.124. The molecule has 0 spiro atoms. The second kappa shape index (κ2) is 4.83. The molecule has 1 fully saturated rings. The Morgan fingerprint density at radius 3 is 2.88 bits per heavy atom. The summed E-state index contributed by atoms with van der Waals surface area (Å²) in [6.07, 6.45) is 3.11. The molecule has 0 aromatic heterocycles. The zero-order chi connectivity index (χ0) is 11.5. The molecule has 1 N–H and O–H groups in total. The average molecular weight is 224 g/mol. The third-order valence-corrected chi connectivity index (χ3v) is 3.30. The summed E-state index contributed by atoms with van der Waals surface area (Å²) in [6.45, 7) is 0. The van der Waals surface area contributed by atoms with E-state index >= 15 is 0 Å². The van der Waals surface area contributed by atoms with Gasteiger partial charge in [0.2, 0.25) is 0 Å². The molecule has 16 heavy (non-hydrogen) atoms. The van der Waals surface area contributed by atoms with Gasteiger partial charge >= 0.3 is 0 Å². The summed E-state index contributed by atoms with van der Waals surface area (Å²) in [5, 5.41) is 9.60. The van der Waals surface area contributed by atoms with Crippen LogP contribution in [-0.4, -0.2) is 18.3 Å². The van der Waals surface area contributed by atoms with Crippen molar-refractivity contribution in [3.8, 4) is 5.75 Å². The monoisotopic (exact) mass is 224 g/mol. The summed E-state index contributed by atoms with van der Waals surface area (Å²) >= 11 is 0. The fourth-order valence-electron chi connectivity index (χ4n) is 2.45. The van der Waals surface area contributed by atoms with Crippen molar-refractivity contribution in [2.75, 3.05) is 7.11 Å². The fraction of sp³-hybridized carbons (Fsp3) is 0.538. The van der Waals surface area contributed by atoms with Crippen LogP contribution >= 0.6 is 0 Å². The molecule has 2 rings (SSSR count). The van der Waals surface area contributed by atoms with Crippen molar-refractivity contribution in [3.63, 3.8) is 0 Å². The molecule has 2 unspecified atom stereocenters. The van der Waals surface area contributed by atoms with E-state index in [4.69, 9.17) is 4.74 Å². The SMILES string of the molecule is COc1cccc(C2CCCC(O)C2)c1F. The number of halogens is 1. The predicted octanol–water partition coefficient (Wildman–Crippen LogP) is 2.85. The Hall–Kier alpha value is -1.09. The second-order valence-corrected chi connectivity index (χ2v) is 4.38. The van der Waals surface area contributed by atoms with Crippen molar-refractivity contribution in [2.24, 2.45) is 0 Å². The van der Waals surface area contributed by atoms with Gasteiger partial charge in [0, 0.05) is 0 Å². The highest BCUT2D eigenvalue weighted by atomic mass is 19.1. The van der Waals surface area contributed by atoms with Gasteiger partial charge in [-0.15, -0.1) is 0 Å². The van der Waals surface area contributed by atoms with E-state index in [0.29, 0.717) is 12.0 Å². The molecular formula is C13H17FO2. The molecule has 1 aliphatic rings. The molecule has 2 atom stereocenters. The molecule has 88 valence electrons. The van der Waals surface area contributed by atoms with Crippen LogP contribution in [0.2, 0.25) is 0 Å². The van der Waals surface area contributed by atoms with Gasteiger partial charge in [0.15, 0.2) is 11.6 Å². The highest BCUT2D eigenvalue weighted by molar-refractivity contribution is 5.33. The van der Waals surface area contributed by atoms with E-state index in [9.17, 15) is 9.50 Å². The number of benzene rings is 1. The van der Waals surface area contributed by atoms with E-state index in [1.165, 1.54) is 7.11 Å². The van der Waals surface area contributed by atoms with Crippen LogP contribution in [0, 0.1) is 5.82 Å². The number of hydrogen-bond acceptors (Lipinski definition) is 2. The average Bonchev–Trinajstić information content (AvgIpc) is 2.29. The fourth-order valence-corrected chi connectivity index (χ4v) is 2.45. The van der Waals surface area contributed by atoms with Gasteiger partial charge < -0.3 is 9.84 Å². The lowest BCUT2D eigenvalue weighted by molar-refractivity contribution is 0.118. The second-order valence-electron chi connectivity index (χ2n) is 4.38. The standard InChI is InChI=1S/C13H17FO2/c1-16-12-7-3-6-11(13(12)14)9-4-2-5-10(15)8-9/h3,6-7,9-10,15H,2,4-5,8H2,1H3. The molecule has 0 heterocycles. The number of hydrogen-bond donors (Lipinski definition) is 1. The van der Waals surface area contributed by atoms with Gasteiger partial charge in [0.25, 0.3) is 0 Å². The summed E-state index contributed by atoms with van der Waals surface area (Å²) < 4.78 is 18.9. The van der Waals surface area contributed by atoms with Crippen LogP contribution in [-0.2, 0) is 0 Å². The zero-order valence-electron chi connectivity index (χ0n) is 9.45. The number of aliphatic hydroxyl groups is 1. The maximum absolute atomic E-state index is 14.0. The first kappa shape index (κ1) is 11.4. The predicted molar refractivity (Wildman–Crippen MR) is 60.2 cm³/mol. The molecule has 0 amide bonds. The zero-order valence-corrected chi connectivity index (χ0v) is 9.45. The lowest BCUT2D eigenvalue weighted by Gasteiger charge is -2.26. The summed E-state index contributed by atoms with van der Waals surface area (Å²) in [7, 11) is 1.47. The maximum Gasteiger partial charge on any atom is 0.168 e. The summed E-state index contributed by atoms with van der Waals surface area (Å²) in [5.41, 5.74) is 0.679. The van der Waals surface area contributed by atoms with Crippen molar-refractivity contribution in [1.82, 2.24) is 0 Å². The Kier molecular flexibility index (Phi) is 3.44. The molecule has 1 saturated carbocycles. The Bertz CT molecular complexity index is 365. The van der Waals surface area contributed by atoms with Crippen LogP contribution in [0.4, 0.5) is 4.39 Å². The Labute approximate surface area is 95.1 Å². The molecule has 1 aromatic carbocycles. The minimum Gasteiger partial charge on any atom is -0.494 e. The largest absolute Gasteiger partial charge is 0.494 e. The van der Waals surface area contributed by atoms with E-state index in [-0.39, 0.29) is 23.6 Å². The van der Waals surface area contributed by atoms with Crippen molar-refractivity contribution < 1.29 is 14.2 Å². The van der Waals surface area contributed by atoms with E-state index in [1.54, 1.807) is 18.2 Å². The number of ether oxygens (including phenoxy) is 1. The van der Waals surface area contributed by atoms with Crippen molar-refractivity contribution in [1.29, 1.82) is 0 Å². The molecule has 0 radical (unpaired) electrons. The highest BCUT2D eigenvalue weighted by Gasteiger charge is 2.24. The van der Waals surface area contributed by atoms with Gasteiger partial charge in [-0.2, -0.15) is 0 Å². The lowest BCUT2D eigenvalue weighted by Crippen LogP contribution is -2.19. The maximum atomic E-state index is 14.0. The van der Waals surface area contributed by atoms with E-state index in [2.05, 4.69) is 0 Å². The van der Waals surface area contributed by atoms with Gasteiger partial charge in [-0.25, -0.2) is 4.39 Å². The van der Waals surface area contributed by atoms with Crippen LogP contribution in [0.15, 0.2) is 18.2 Å². The quantitative estimate of drug-likeness (QED) is 0.837. The van der Waals surface area contributed by atoms with Gasteiger partial charge in [-0.1, -0.05) is 18.6 Å².